The van der Waals surface area contributed by atoms with Gasteiger partial charge >= 0.3 is 0 Å². The number of furan rings is 1. The van der Waals surface area contributed by atoms with Crippen molar-refractivity contribution in [1.29, 1.82) is 0 Å². The molecule has 0 saturated heterocycles. The third-order valence-corrected chi connectivity index (χ3v) is 5.56. The monoisotopic (exact) mass is 464 g/mol. The molecule has 4 rings (SSSR count). The molecule has 7 nitrogen and oxygen atoms in total. The molecule has 1 N–H and O–H groups in total. The number of aryl methyl sites for hydroxylation is 1. The number of anilines is 1. The number of benzene rings is 2. The second kappa shape index (κ2) is 10.5. The second-order valence-electron chi connectivity index (χ2n) is 7.80. The minimum atomic E-state index is -0.162. The van der Waals surface area contributed by atoms with Gasteiger partial charge in [0.15, 0.2) is 5.76 Å². The van der Waals surface area contributed by atoms with Crippen LogP contribution >= 0.6 is 11.6 Å². The predicted octanol–water partition coefficient (Wildman–Crippen LogP) is 5.96. The maximum Gasteiger partial charge on any atom is 0.283 e. The number of nitrogens with one attached hydrogen (secondary N) is 1. The molecule has 2 aromatic carbocycles. The molecule has 0 aliphatic rings. The van der Waals surface area contributed by atoms with E-state index in [0.717, 1.165) is 24.1 Å². The van der Waals surface area contributed by atoms with E-state index < -0.39 is 0 Å². The summed E-state index contributed by atoms with van der Waals surface area (Å²) in [5.41, 5.74) is 3.31. The molecule has 0 atom stereocenters. The van der Waals surface area contributed by atoms with Crippen LogP contribution < -0.4 is 5.32 Å². The Bertz CT molecular complexity index is 1200. The molecule has 0 saturated carbocycles. The zero-order valence-corrected chi connectivity index (χ0v) is 19.3. The number of nitrogens with zero attached hydrogens (tertiary/aromatic N) is 3. The van der Waals surface area contributed by atoms with Crippen molar-refractivity contribution in [3.8, 4) is 11.7 Å². The van der Waals surface area contributed by atoms with Crippen molar-refractivity contribution in [2.24, 2.45) is 0 Å². The van der Waals surface area contributed by atoms with Crippen LogP contribution in [0.5, 0.6) is 0 Å². The van der Waals surface area contributed by atoms with Crippen molar-refractivity contribution >= 4 is 23.2 Å². The van der Waals surface area contributed by atoms with Crippen LogP contribution in [0.25, 0.3) is 11.7 Å². The minimum absolute atomic E-state index is 0.162. The van der Waals surface area contributed by atoms with Gasteiger partial charge in [0.1, 0.15) is 0 Å². The highest BCUT2D eigenvalue weighted by Crippen LogP contribution is 2.21. The summed E-state index contributed by atoms with van der Waals surface area (Å²) in [6, 6.07) is 16.6. The molecule has 33 heavy (non-hydrogen) atoms. The van der Waals surface area contributed by atoms with E-state index in [9.17, 15) is 4.79 Å². The lowest BCUT2D eigenvalue weighted by molar-refractivity contribution is 0.102. The summed E-state index contributed by atoms with van der Waals surface area (Å²) in [7, 11) is 0. The van der Waals surface area contributed by atoms with Gasteiger partial charge in [0.05, 0.1) is 12.8 Å². The fraction of sp³-hybridized carbons (Fsp3) is 0.240. The van der Waals surface area contributed by atoms with E-state index in [2.05, 4.69) is 27.3 Å². The average molecular weight is 465 g/mol. The van der Waals surface area contributed by atoms with Crippen molar-refractivity contribution in [2.75, 3.05) is 11.9 Å². The van der Waals surface area contributed by atoms with Crippen molar-refractivity contribution < 1.29 is 13.6 Å². The molecule has 0 bridgehead atoms. The molecule has 170 valence electrons. The standard InChI is InChI=1S/C25H25ClN4O3/c1-3-12-30(16-23-28-29-25(33-23)22-5-4-13-32-22)15-18-6-8-19(9-7-18)24(31)27-20-10-11-21(26)17(2)14-20/h4-11,13-14H,3,12,15-16H2,1-2H3,(H,27,31). The second-order valence-corrected chi connectivity index (χ2v) is 8.21. The molecule has 4 aromatic rings. The molecular weight excluding hydrogens is 440 g/mol. The van der Waals surface area contributed by atoms with Gasteiger partial charge in [-0.2, -0.15) is 0 Å². The van der Waals surface area contributed by atoms with Gasteiger partial charge in [-0.1, -0.05) is 30.7 Å². The zero-order chi connectivity index (χ0) is 23.2. The first kappa shape index (κ1) is 22.8. The van der Waals surface area contributed by atoms with Crippen molar-refractivity contribution in [1.82, 2.24) is 15.1 Å². The molecule has 0 unspecified atom stereocenters. The average Bonchev–Trinajstić information content (AvgIpc) is 3.49. The van der Waals surface area contributed by atoms with E-state index in [-0.39, 0.29) is 5.91 Å². The quantitative estimate of drug-likeness (QED) is 0.329. The van der Waals surface area contributed by atoms with E-state index in [4.69, 9.17) is 20.4 Å². The number of carbonyl (C=O) groups excluding carboxylic acids is 1. The Hall–Kier alpha value is -3.42. The maximum absolute atomic E-state index is 12.6. The molecule has 2 heterocycles. The summed E-state index contributed by atoms with van der Waals surface area (Å²) in [4.78, 5) is 14.8. The van der Waals surface area contributed by atoms with Crippen LogP contribution in [0.4, 0.5) is 5.69 Å². The first-order valence-electron chi connectivity index (χ1n) is 10.8. The molecule has 1 amide bonds. The maximum atomic E-state index is 12.6. The molecular formula is C25H25ClN4O3. The number of amides is 1. The lowest BCUT2D eigenvalue weighted by Gasteiger charge is -2.20. The molecule has 2 aromatic heterocycles. The molecule has 8 heteroatoms. The smallest absolute Gasteiger partial charge is 0.283 e. The third kappa shape index (κ3) is 5.88. The summed E-state index contributed by atoms with van der Waals surface area (Å²) >= 11 is 6.06. The normalized spacial score (nSPS) is 11.2. The van der Waals surface area contributed by atoms with E-state index in [1.807, 2.05) is 37.3 Å². The lowest BCUT2D eigenvalue weighted by atomic mass is 10.1. The van der Waals surface area contributed by atoms with Crippen LogP contribution in [0.15, 0.2) is 69.7 Å². The lowest BCUT2D eigenvalue weighted by Crippen LogP contribution is -2.24. The van der Waals surface area contributed by atoms with E-state index in [0.29, 0.717) is 46.9 Å². The van der Waals surface area contributed by atoms with Gasteiger partial charge in [-0.25, -0.2) is 0 Å². The number of hydrogen-bond acceptors (Lipinski definition) is 6. The highest BCUT2D eigenvalue weighted by atomic mass is 35.5. The van der Waals surface area contributed by atoms with E-state index in [1.54, 1.807) is 30.5 Å². The van der Waals surface area contributed by atoms with Crippen LogP contribution in [0.2, 0.25) is 5.02 Å². The number of aromatic nitrogens is 2. The molecule has 0 aliphatic heterocycles. The van der Waals surface area contributed by atoms with Gasteiger partial charge in [-0.3, -0.25) is 9.69 Å². The van der Waals surface area contributed by atoms with Gasteiger partial charge in [0.2, 0.25) is 5.89 Å². The predicted molar refractivity (Wildman–Crippen MR) is 127 cm³/mol. The van der Waals surface area contributed by atoms with Crippen LogP contribution in [-0.4, -0.2) is 27.5 Å². The highest BCUT2D eigenvalue weighted by Gasteiger charge is 2.15. The van der Waals surface area contributed by atoms with E-state index in [1.165, 1.54) is 0 Å². The molecule has 0 fully saturated rings. The Morgan fingerprint density at radius 1 is 1.09 bits per heavy atom. The van der Waals surface area contributed by atoms with E-state index >= 15 is 0 Å². The topological polar surface area (TPSA) is 84.4 Å². The van der Waals surface area contributed by atoms with Crippen molar-refractivity contribution in [3.63, 3.8) is 0 Å². The van der Waals surface area contributed by atoms with Gasteiger partial charge in [-0.05, 0) is 73.5 Å². The molecule has 0 spiro atoms. The number of halogens is 1. The Balaban J connectivity index is 1.38. The van der Waals surface area contributed by atoms with Crippen LogP contribution in [-0.2, 0) is 13.1 Å². The first-order chi connectivity index (χ1) is 16.0. The van der Waals surface area contributed by atoms with Crippen molar-refractivity contribution in [3.05, 3.63) is 88.5 Å². The van der Waals surface area contributed by atoms with Crippen LogP contribution in [0.1, 0.15) is 40.7 Å². The number of carbonyl (C=O) groups is 1. The summed E-state index contributed by atoms with van der Waals surface area (Å²) in [6.07, 6.45) is 2.56. The zero-order valence-electron chi connectivity index (χ0n) is 18.5. The van der Waals surface area contributed by atoms with Crippen LogP contribution in [0.3, 0.4) is 0 Å². The van der Waals surface area contributed by atoms with Gasteiger partial charge in [-0.15, -0.1) is 10.2 Å². The number of rotatable bonds is 9. The highest BCUT2D eigenvalue weighted by molar-refractivity contribution is 6.31. The van der Waals surface area contributed by atoms with Gasteiger partial charge in [0, 0.05) is 22.8 Å². The Kier molecular flexibility index (Phi) is 7.22. The Labute approximate surface area is 197 Å². The largest absolute Gasteiger partial charge is 0.459 e. The Morgan fingerprint density at radius 2 is 1.91 bits per heavy atom. The SMILES string of the molecule is CCCN(Cc1ccc(C(=O)Nc2ccc(Cl)c(C)c2)cc1)Cc1nnc(-c2ccco2)o1. The first-order valence-corrected chi connectivity index (χ1v) is 11.1. The van der Waals surface area contributed by atoms with Crippen molar-refractivity contribution in [2.45, 2.75) is 33.4 Å². The third-order valence-electron chi connectivity index (χ3n) is 5.14. The molecule has 0 aliphatic carbocycles. The fourth-order valence-electron chi connectivity index (χ4n) is 3.48. The summed E-state index contributed by atoms with van der Waals surface area (Å²) in [5, 5.41) is 11.8. The number of hydrogen-bond donors (Lipinski definition) is 1. The van der Waals surface area contributed by atoms with Gasteiger partial charge < -0.3 is 14.2 Å². The van der Waals surface area contributed by atoms with Crippen LogP contribution in [0, 0.1) is 6.92 Å². The summed E-state index contributed by atoms with van der Waals surface area (Å²) < 4.78 is 11.1. The summed E-state index contributed by atoms with van der Waals surface area (Å²) in [5.74, 6) is 1.30. The Morgan fingerprint density at radius 3 is 2.61 bits per heavy atom. The minimum Gasteiger partial charge on any atom is -0.459 e. The van der Waals surface area contributed by atoms with Gasteiger partial charge in [0.25, 0.3) is 11.8 Å². The molecule has 0 radical (unpaired) electrons. The summed E-state index contributed by atoms with van der Waals surface area (Å²) in [6.45, 7) is 6.13. The fourth-order valence-corrected chi connectivity index (χ4v) is 3.60.